The second-order valence-corrected chi connectivity index (χ2v) is 2.03. The van der Waals surface area contributed by atoms with Crippen LogP contribution in [0.2, 0.25) is 0 Å². The summed E-state index contributed by atoms with van der Waals surface area (Å²) >= 11 is 0. The Hall–Kier alpha value is -1.09. The number of aliphatic hydroxyl groups excluding tert-OH is 1. The number of methoxy groups -OCH3 is 1. The molecular formula is C8H8FO2. The number of rotatable bonds is 2. The molecular weight excluding hydrogens is 147 g/mol. The van der Waals surface area contributed by atoms with Gasteiger partial charge in [0.25, 0.3) is 0 Å². The van der Waals surface area contributed by atoms with Gasteiger partial charge in [-0.1, -0.05) is 0 Å². The highest BCUT2D eigenvalue weighted by molar-refractivity contribution is 5.27. The van der Waals surface area contributed by atoms with E-state index < -0.39 is 5.82 Å². The molecule has 3 heteroatoms. The lowest BCUT2D eigenvalue weighted by Gasteiger charge is -2.01. The van der Waals surface area contributed by atoms with Gasteiger partial charge in [-0.15, -0.1) is 0 Å². The van der Waals surface area contributed by atoms with Crippen molar-refractivity contribution >= 4 is 0 Å². The van der Waals surface area contributed by atoms with Crippen molar-refractivity contribution in [2.45, 2.75) is 6.61 Å². The maximum Gasteiger partial charge on any atom is 0.129 e. The normalized spacial score (nSPS) is 9.73. The van der Waals surface area contributed by atoms with Crippen LogP contribution in [0.3, 0.4) is 0 Å². The van der Waals surface area contributed by atoms with E-state index in [-0.39, 0.29) is 12.2 Å². The predicted molar refractivity (Wildman–Crippen MR) is 37.7 cm³/mol. The summed E-state index contributed by atoms with van der Waals surface area (Å²) in [5, 5.41) is 8.63. The summed E-state index contributed by atoms with van der Waals surface area (Å²) < 4.78 is 17.4. The van der Waals surface area contributed by atoms with Crippen molar-refractivity contribution < 1.29 is 14.2 Å². The average molecular weight is 155 g/mol. The van der Waals surface area contributed by atoms with Gasteiger partial charge in [-0.2, -0.15) is 0 Å². The molecule has 0 heterocycles. The first-order chi connectivity index (χ1) is 5.27. The van der Waals surface area contributed by atoms with Crippen LogP contribution < -0.4 is 4.74 Å². The number of ether oxygens (including phenoxy) is 1. The Morgan fingerprint density at radius 1 is 1.73 bits per heavy atom. The van der Waals surface area contributed by atoms with E-state index in [0.717, 1.165) is 6.07 Å². The fourth-order valence-corrected chi connectivity index (χ4v) is 0.735. The zero-order valence-electron chi connectivity index (χ0n) is 6.10. The van der Waals surface area contributed by atoms with E-state index in [1.54, 1.807) is 0 Å². The molecule has 0 fully saturated rings. The second kappa shape index (κ2) is 3.34. The van der Waals surface area contributed by atoms with Crippen LogP contribution in [0.1, 0.15) is 5.56 Å². The predicted octanol–water partition coefficient (Wildman–Crippen LogP) is 1.13. The molecule has 1 radical (unpaired) electrons. The number of hydrogen-bond acceptors (Lipinski definition) is 2. The van der Waals surface area contributed by atoms with E-state index >= 15 is 0 Å². The lowest BCUT2D eigenvalue weighted by molar-refractivity contribution is 0.274. The molecule has 11 heavy (non-hydrogen) atoms. The van der Waals surface area contributed by atoms with Crippen LogP contribution in [0, 0.1) is 11.9 Å². The minimum Gasteiger partial charge on any atom is -0.496 e. The van der Waals surface area contributed by atoms with E-state index in [1.807, 2.05) is 0 Å². The maximum absolute atomic E-state index is 12.7. The third-order valence-electron chi connectivity index (χ3n) is 1.34. The summed E-state index contributed by atoms with van der Waals surface area (Å²) in [5.74, 6) is -0.0382. The topological polar surface area (TPSA) is 29.5 Å². The van der Waals surface area contributed by atoms with E-state index in [0.29, 0.717) is 5.75 Å². The van der Waals surface area contributed by atoms with Crippen LogP contribution >= 0.6 is 0 Å². The average Bonchev–Trinajstić information content (AvgIpc) is 2.05. The van der Waals surface area contributed by atoms with Crippen LogP contribution in [0.4, 0.5) is 4.39 Å². The summed E-state index contributed by atoms with van der Waals surface area (Å²) in [7, 11) is 1.46. The largest absolute Gasteiger partial charge is 0.496 e. The van der Waals surface area contributed by atoms with E-state index in [9.17, 15) is 4.39 Å². The highest BCUT2D eigenvalue weighted by Crippen LogP contribution is 2.15. The van der Waals surface area contributed by atoms with Gasteiger partial charge in [0.15, 0.2) is 0 Å². The van der Waals surface area contributed by atoms with Crippen molar-refractivity contribution in [3.8, 4) is 5.75 Å². The van der Waals surface area contributed by atoms with Gasteiger partial charge in [-0.25, -0.2) is 4.39 Å². The van der Waals surface area contributed by atoms with Crippen molar-refractivity contribution in [3.05, 3.63) is 29.6 Å². The Labute approximate surface area is 64.2 Å². The van der Waals surface area contributed by atoms with E-state index in [2.05, 4.69) is 6.07 Å². The molecule has 1 aromatic carbocycles. The van der Waals surface area contributed by atoms with Gasteiger partial charge in [0.05, 0.1) is 13.7 Å². The van der Waals surface area contributed by atoms with E-state index in [1.165, 1.54) is 13.2 Å². The molecule has 59 valence electrons. The molecule has 0 aliphatic heterocycles. The molecule has 2 nitrogen and oxygen atoms in total. The van der Waals surface area contributed by atoms with Crippen molar-refractivity contribution in [2.24, 2.45) is 0 Å². The highest BCUT2D eigenvalue weighted by Gasteiger charge is 2.01. The summed E-state index contributed by atoms with van der Waals surface area (Å²) in [6.45, 7) is -0.323. The molecule has 1 rings (SSSR count). The summed E-state index contributed by atoms with van der Waals surface area (Å²) in [6, 6.07) is 5.11. The van der Waals surface area contributed by atoms with Gasteiger partial charge in [-0.3, -0.25) is 0 Å². The molecule has 0 bridgehead atoms. The van der Waals surface area contributed by atoms with Crippen molar-refractivity contribution in [2.75, 3.05) is 7.11 Å². The first kappa shape index (κ1) is 8.01. The zero-order chi connectivity index (χ0) is 8.27. The smallest absolute Gasteiger partial charge is 0.129 e. The quantitative estimate of drug-likeness (QED) is 0.693. The number of halogens is 1. The molecule has 1 N–H and O–H groups in total. The van der Waals surface area contributed by atoms with Gasteiger partial charge >= 0.3 is 0 Å². The zero-order valence-corrected chi connectivity index (χ0v) is 6.10. The highest BCUT2D eigenvalue weighted by atomic mass is 19.1. The van der Waals surface area contributed by atoms with Crippen LogP contribution in [0.15, 0.2) is 12.1 Å². The van der Waals surface area contributed by atoms with Crippen LogP contribution in [0.25, 0.3) is 0 Å². The minimum absolute atomic E-state index is 0.223. The molecule has 0 unspecified atom stereocenters. The monoisotopic (exact) mass is 155 g/mol. The summed E-state index contributed by atoms with van der Waals surface area (Å²) in [4.78, 5) is 0. The molecule has 0 aliphatic carbocycles. The van der Waals surface area contributed by atoms with Crippen molar-refractivity contribution in [3.63, 3.8) is 0 Å². The Balaban J connectivity index is 3.02. The SMILES string of the molecule is COc1[c]cc(F)c(CO)c1. The summed E-state index contributed by atoms with van der Waals surface area (Å²) in [6.07, 6.45) is 0. The Bertz CT molecular complexity index is 248. The fraction of sp³-hybridized carbons (Fsp3) is 0.250. The Morgan fingerprint density at radius 3 is 3.00 bits per heavy atom. The third-order valence-corrected chi connectivity index (χ3v) is 1.34. The van der Waals surface area contributed by atoms with Gasteiger partial charge in [0.2, 0.25) is 0 Å². The van der Waals surface area contributed by atoms with Crippen molar-refractivity contribution in [1.82, 2.24) is 0 Å². The van der Waals surface area contributed by atoms with Crippen LogP contribution in [-0.4, -0.2) is 12.2 Å². The lowest BCUT2D eigenvalue weighted by Crippen LogP contribution is -1.91. The van der Waals surface area contributed by atoms with E-state index in [4.69, 9.17) is 9.84 Å². The third kappa shape index (κ3) is 1.68. The molecule has 0 spiro atoms. The molecule has 0 amide bonds. The molecule has 0 saturated heterocycles. The summed E-state index contributed by atoms with van der Waals surface area (Å²) in [5.41, 5.74) is 0.223. The number of hydrogen-bond donors (Lipinski definition) is 1. The molecule has 0 atom stereocenters. The van der Waals surface area contributed by atoms with Gasteiger partial charge in [0, 0.05) is 11.6 Å². The number of benzene rings is 1. The number of aliphatic hydroxyl groups is 1. The molecule has 1 aromatic rings. The first-order valence-electron chi connectivity index (χ1n) is 3.13. The van der Waals surface area contributed by atoms with Crippen molar-refractivity contribution in [1.29, 1.82) is 0 Å². The molecule has 0 saturated carbocycles. The molecule has 0 aromatic heterocycles. The molecule has 0 aliphatic rings. The fourth-order valence-electron chi connectivity index (χ4n) is 0.735. The first-order valence-corrected chi connectivity index (χ1v) is 3.13. The van der Waals surface area contributed by atoms with Crippen LogP contribution in [0.5, 0.6) is 5.75 Å². The lowest BCUT2D eigenvalue weighted by atomic mass is 10.2. The van der Waals surface area contributed by atoms with Gasteiger partial charge in [0.1, 0.15) is 11.6 Å². The Kier molecular flexibility index (Phi) is 2.44. The van der Waals surface area contributed by atoms with Gasteiger partial charge in [-0.05, 0) is 12.1 Å². The minimum atomic E-state index is -0.465. The Morgan fingerprint density at radius 2 is 2.45 bits per heavy atom. The second-order valence-electron chi connectivity index (χ2n) is 2.03. The standard InChI is InChI=1S/C8H8FO2/c1-11-7-2-3-8(9)6(4-7)5-10/h3-4,10H,5H2,1H3. The maximum atomic E-state index is 12.7. The van der Waals surface area contributed by atoms with Crippen LogP contribution in [-0.2, 0) is 6.61 Å². The van der Waals surface area contributed by atoms with Gasteiger partial charge < -0.3 is 9.84 Å².